The van der Waals surface area contributed by atoms with Gasteiger partial charge in [0.1, 0.15) is 13.2 Å². The fourth-order valence-electron chi connectivity index (χ4n) is 8.46. The molecule has 0 aliphatic rings. The highest BCUT2D eigenvalue weighted by molar-refractivity contribution is 5.71. The van der Waals surface area contributed by atoms with Crippen molar-refractivity contribution in [2.24, 2.45) is 0 Å². The summed E-state index contributed by atoms with van der Waals surface area (Å²) in [6.07, 6.45) is 84.0. The van der Waals surface area contributed by atoms with Crippen molar-refractivity contribution in [2.45, 2.75) is 290 Å². The van der Waals surface area contributed by atoms with Crippen LogP contribution in [0.4, 0.5) is 0 Å². The van der Waals surface area contributed by atoms with Gasteiger partial charge in [-0.2, -0.15) is 0 Å². The van der Waals surface area contributed by atoms with Crippen molar-refractivity contribution in [3.8, 4) is 0 Å². The minimum atomic E-state index is -0.793. The Kier molecular flexibility index (Phi) is 58.3. The number of rotatable bonds is 55. The Morgan fingerprint density at radius 2 is 0.527 bits per heavy atom. The minimum Gasteiger partial charge on any atom is -0.462 e. The van der Waals surface area contributed by atoms with Crippen molar-refractivity contribution in [3.05, 3.63) is 109 Å². The van der Waals surface area contributed by atoms with Crippen molar-refractivity contribution >= 4 is 17.9 Å². The third-order valence-corrected chi connectivity index (χ3v) is 13.0. The van der Waals surface area contributed by atoms with Crippen LogP contribution in [0.2, 0.25) is 0 Å². The highest BCUT2D eigenvalue weighted by atomic mass is 16.6. The number of ether oxygens (including phenoxy) is 3. The molecule has 0 aromatic heterocycles. The van der Waals surface area contributed by atoms with Gasteiger partial charge in [0.05, 0.1) is 0 Å². The van der Waals surface area contributed by atoms with E-state index in [0.717, 1.165) is 122 Å². The van der Waals surface area contributed by atoms with Crippen LogP contribution in [-0.2, 0) is 28.6 Å². The lowest BCUT2D eigenvalue weighted by molar-refractivity contribution is -0.167. The van der Waals surface area contributed by atoms with Crippen LogP contribution in [0, 0.1) is 0 Å². The SMILES string of the molecule is CC/C=C\C/C=C\C/C=C\C/C=C\C/C=C\CCCCCC(=O)OC(COC(=O)CCCCCCCCCC)COC(=O)CCCCCCCCCCCCCCCCCC/C=C\C/C=C\C/C=C\C/C=C\CC. The van der Waals surface area contributed by atoms with Gasteiger partial charge < -0.3 is 14.2 Å². The fraction of sp³-hybridized carbons (Fsp3) is 0.691. The summed E-state index contributed by atoms with van der Waals surface area (Å²) in [5.41, 5.74) is 0. The second kappa shape index (κ2) is 61.6. The minimum absolute atomic E-state index is 0.0897. The summed E-state index contributed by atoms with van der Waals surface area (Å²) in [5.74, 6) is -0.921. The van der Waals surface area contributed by atoms with E-state index in [-0.39, 0.29) is 37.5 Å². The van der Waals surface area contributed by atoms with E-state index in [9.17, 15) is 14.4 Å². The Morgan fingerprint density at radius 3 is 0.838 bits per heavy atom. The van der Waals surface area contributed by atoms with Gasteiger partial charge in [0, 0.05) is 19.3 Å². The van der Waals surface area contributed by atoms with Gasteiger partial charge in [-0.25, -0.2) is 0 Å². The van der Waals surface area contributed by atoms with Gasteiger partial charge in [0.15, 0.2) is 6.10 Å². The maximum absolute atomic E-state index is 12.8. The number of hydrogen-bond acceptors (Lipinski definition) is 6. The molecule has 0 saturated heterocycles. The molecule has 0 aromatic carbocycles. The Bertz CT molecular complexity index is 1510. The molecule has 0 amide bonds. The largest absolute Gasteiger partial charge is 0.462 e. The molecular weight excluding hydrogens is 913 g/mol. The Hall–Kier alpha value is -3.93. The Labute approximate surface area is 457 Å². The van der Waals surface area contributed by atoms with Crippen molar-refractivity contribution in [2.75, 3.05) is 13.2 Å². The van der Waals surface area contributed by atoms with E-state index in [1.54, 1.807) is 0 Å². The molecule has 0 bridgehead atoms. The van der Waals surface area contributed by atoms with Crippen molar-refractivity contribution in [1.82, 2.24) is 0 Å². The predicted molar refractivity (Wildman–Crippen MR) is 320 cm³/mol. The summed E-state index contributed by atoms with van der Waals surface area (Å²) in [5, 5.41) is 0. The van der Waals surface area contributed by atoms with E-state index < -0.39 is 6.10 Å². The highest BCUT2D eigenvalue weighted by Gasteiger charge is 2.19. The van der Waals surface area contributed by atoms with Crippen LogP contribution in [0.5, 0.6) is 0 Å². The molecule has 74 heavy (non-hydrogen) atoms. The highest BCUT2D eigenvalue weighted by Crippen LogP contribution is 2.16. The fourth-order valence-corrected chi connectivity index (χ4v) is 8.46. The summed E-state index contributed by atoms with van der Waals surface area (Å²) < 4.78 is 16.8. The van der Waals surface area contributed by atoms with Gasteiger partial charge in [-0.3, -0.25) is 14.4 Å². The smallest absolute Gasteiger partial charge is 0.306 e. The Morgan fingerprint density at radius 1 is 0.284 bits per heavy atom. The average Bonchev–Trinajstić information content (AvgIpc) is 3.40. The van der Waals surface area contributed by atoms with E-state index in [1.165, 1.54) is 122 Å². The van der Waals surface area contributed by atoms with Gasteiger partial charge in [-0.15, -0.1) is 0 Å². The third-order valence-electron chi connectivity index (χ3n) is 13.0. The maximum atomic E-state index is 12.8. The lowest BCUT2D eigenvalue weighted by Crippen LogP contribution is -2.30. The molecule has 1 unspecified atom stereocenters. The van der Waals surface area contributed by atoms with E-state index in [4.69, 9.17) is 14.2 Å². The second-order valence-corrected chi connectivity index (χ2v) is 20.2. The topological polar surface area (TPSA) is 78.9 Å². The van der Waals surface area contributed by atoms with Crippen molar-refractivity contribution in [1.29, 1.82) is 0 Å². The van der Waals surface area contributed by atoms with Crippen LogP contribution in [0.25, 0.3) is 0 Å². The molecule has 422 valence electrons. The van der Waals surface area contributed by atoms with Crippen LogP contribution in [0.3, 0.4) is 0 Å². The normalized spacial score (nSPS) is 12.9. The van der Waals surface area contributed by atoms with E-state index in [2.05, 4.69) is 130 Å². The molecule has 0 saturated carbocycles. The van der Waals surface area contributed by atoms with Crippen molar-refractivity contribution in [3.63, 3.8) is 0 Å². The number of unbranched alkanes of at least 4 members (excludes halogenated alkanes) is 26. The van der Waals surface area contributed by atoms with Gasteiger partial charge in [0.2, 0.25) is 0 Å². The molecule has 0 fully saturated rings. The van der Waals surface area contributed by atoms with Crippen molar-refractivity contribution < 1.29 is 28.6 Å². The summed E-state index contributed by atoms with van der Waals surface area (Å²) in [4.78, 5) is 38.1. The van der Waals surface area contributed by atoms with E-state index >= 15 is 0 Å². The summed E-state index contributed by atoms with van der Waals surface area (Å²) >= 11 is 0. The van der Waals surface area contributed by atoms with E-state index in [0.29, 0.717) is 12.8 Å². The molecule has 1 atom stereocenters. The Balaban J connectivity index is 4.18. The molecule has 6 nitrogen and oxygen atoms in total. The quantitative estimate of drug-likeness (QED) is 0.0261. The zero-order chi connectivity index (χ0) is 53.6. The summed E-state index contributed by atoms with van der Waals surface area (Å²) in [7, 11) is 0. The number of allylic oxidation sites excluding steroid dienone is 18. The summed E-state index contributed by atoms with van der Waals surface area (Å²) in [6.45, 7) is 6.37. The molecule has 0 spiro atoms. The average molecular weight is 1030 g/mol. The summed E-state index contributed by atoms with van der Waals surface area (Å²) in [6, 6.07) is 0. The van der Waals surface area contributed by atoms with Crippen LogP contribution >= 0.6 is 0 Å². The lowest BCUT2D eigenvalue weighted by atomic mass is 10.0. The van der Waals surface area contributed by atoms with Gasteiger partial charge in [-0.05, 0) is 103 Å². The first-order valence-corrected chi connectivity index (χ1v) is 30.9. The molecule has 0 aliphatic carbocycles. The number of esters is 3. The van der Waals surface area contributed by atoms with Crippen LogP contribution in [0.1, 0.15) is 284 Å². The molecule has 0 N–H and O–H groups in total. The standard InChI is InChI=1S/C68H114O6/c1-4-7-10-13-16-19-21-23-25-27-29-30-31-32-33-34-35-36-37-38-40-41-43-45-47-49-52-55-58-61-67(70)73-64-65(63-72-66(69)60-57-54-51-18-15-12-9-6-3)74-68(71)62-59-56-53-50-48-46-44-42-39-28-26-24-22-20-17-14-11-8-5-2/h7-8,10-11,16-17,19-20,23-26,29-30,39,42,46,48,65H,4-6,9,12-15,18,21-22,27-28,31-38,40-41,43-45,47,49-64H2,1-3H3/b10-7-,11-8-,19-16-,20-17-,25-23-,26-24-,30-29-,42-39-,48-46-. The van der Waals surface area contributed by atoms with Crippen LogP contribution < -0.4 is 0 Å². The van der Waals surface area contributed by atoms with Gasteiger partial charge >= 0.3 is 17.9 Å². The van der Waals surface area contributed by atoms with E-state index in [1.807, 2.05) is 0 Å². The number of hydrogen-bond donors (Lipinski definition) is 0. The molecule has 0 rings (SSSR count). The first-order valence-electron chi connectivity index (χ1n) is 30.9. The number of carbonyl (C=O) groups excluding carboxylic acids is 3. The monoisotopic (exact) mass is 1030 g/mol. The van der Waals surface area contributed by atoms with Gasteiger partial charge in [0.25, 0.3) is 0 Å². The molecule has 6 heteroatoms. The number of carbonyl (C=O) groups is 3. The molecule has 0 aromatic rings. The van der Waals surface area contributed by atoms with Crippen LogP contribution in [0.15, 0.2) is 109 Å². The molecule has 0 heterocycles. The van der Waals surface area contributed by atoms with Crippen LogP contribution in [-0.4, -0.2) is 37.2 Å². The molecule has 0 aliphatic heterocycles. The third kappa shape index (κ3) is 59.0. The first-order chi connectivity index (χ1) is 36.5. The zero-order valence-corrected chi connectivity index (χ0v) is 48.3. The van der Waals surface area contributed by atoms with Gasteiger partial charge in [-0.1, -0.05) is 271 Å². The molecule has 0 radical (unpaired) electrons. The second-order valence-electron chi connectivity index (χ2n) is 20.2. The maximum Gasteiger partial charge on any atom is 0.306 e. The zero-order valence-electron chi connectivity index (χ0n) is 48.3. The predicted octanol–water partition coefficient (Wildman–Crippen LogP) is 21.0. The lowest BCUT2D eigenvalue weighted by Gasteiger charge is -2.18. The first kappa shape index (κ1) is 70.1. The molecular formula is C68H114O6.